The molecule has 1 aliphatic heterocycles. The summed E-state index contributed by atoms with van der Waals surface area (Å²) in [5.41, 5.74) is 8.43. The molecule has 0 saturated heterocycles. The maximum atomic E-state index is 12.3. The molecular formula is C16H16N4OS. The van der Waals surface area contributed by atoms with Crippen LogP contribution in [0, 0.1) is 11.3 Å². The minimum atomic E-state index is 0.127. The lowest BCUT2D eigenvalue weighted by molar-refractivity contribution is -0.132. The number of anilines is 1. The van der Waals surface area contributed by atoms with Crippen LogP contribution < -0.4 is 5.73 Å². The van der Waals surface area contributed by atoms with E-state index in [0.717, 1.165) is 16.1 Å². The fourth-order valence-electron chi connectivity index (χ4n) is 2.70. The summed E-state index contributed by atoms with van der Waals surface area (Å²) in [6.07, 6.45) is 3.56. The normalized spacial score (nSPS) is 13.5. The number of hydrogen-bond donors (Lipinski definition) is 1. The number of aryl methyl sites for hydroxylation is 1. The summed E-state index contributed by atoms with van der Waals surface area (Å²) in [4.78, 5) is 19.5. The van der Waals surface area contributed by atoms with E-state index in [-0.39, 0.29) is 5.91 Å². The molecule has 5 nitrogen and oxygen atoms in total. The highest BCUT2D eigenvalue weighted by atomic mass is 32.1. The Morgan fingerprint density at radius 2 is 2.36 bits per heavy atom. The van der Waals surface area contributed by atoms with E-state index in [9.17, 15) is 4.79 Å². The topological polar surface area (TPSA) is 83.0 Å². The Morgan fingerprint density at radius 3 is 3.09 bits per heavy atom. The number of nitrogen functional groups attached to an aromatic ring is 1. The number of nitriles is 1. The number of carbonyl (C=O) groups is 1. The van der Waals surface area contributed by atoms with Crippen molar-refractivity contribution < 1.29 is 4.79 Å². The Kier molecular flexibility index (Phi) is 4.07. The maximum absolute atomic E-state index is 12.3. The fraction of sp³-hybridized carbons (Fsp3) is 0.312. The number of amides is 1. The molecule has 1 aliphatic rings. The summed E-state index contributed by atoms with van der Waals surface area (Å²) in [6.45, 7) is 1.21. The van der Waals surface area contributed by atoms with Crippen LogP contribution in [0.25, 0.3) is 0 Å². The van der Waals surface area contributed by atoms with Gasteiger partial charge < -0.3 is 10.6 Å². The first-order valence-corrected chi connectivity index (χ1v) is 7.98. The van der Waals surface area contributed by atoms with Crippen LogP contribution in [0.1, 0.15) is 28.1 Å². The average Bonchev–Trinajstić information content (AvgIpc) is 2.87. The number of rotatable bonds is 3. The molecule has 2 aromatic heterocycles. The standard InChI is InChI=1S/C16H16N4OS/c17-9-13-12-6-8-20(10-14(12)22-16(13)18)15(21)5-4-11-3-1-2-7-19-11/h1-3,7H,4-6,8,10,18H2. The van der Waals surface area contributed by atoms with Crippen molar-refractivity contribution in [1.82, 2.24) is 9.88 Å². The molecule has 22 heavy (non-hydrogen) atoms. The summed E-state index contributed by atoms with van der Waals surface area (Å²) >= 11 is 1.43. The summed E-state index contributed by atoms with van der Waals surface area (Å²) in [5, 5.41) is 9.70. The van der Waals surface area contributed by atoms with Gasteiger partial charge in [-0.15, -0.1) is 11.3 Å². The molecule has 3 heterocycles. The molecule has 0 aromatic carbocycles. The molecule has 3 rings (SSSR count). The smallest absolute Gasteiger partial charge is 0.223 e. The fourth-order valence-corrected chi connectivity index (χ4v) is 3.78. The number of pyridine rings is 1. The van der Waals surface area contributed by atoms with Crippen molar-refractivity contribution in [3.05, 3.63) is 46.1 Å². The molecule has 0 saturated carbocycles. The maximum Gasteiger partial charge on any atom is 0.223 e. The van der Waals surface area contributed by atoms with Crippen molar-refractivity contribution in [3.8, 4) is 6.07 Å². The van der Waals surface area contributed by atoms with Gasteiger partial charge in [0, 0.05) is 29.7 Å². The third-order valence-electron chi connectivity index (χ3n) is 3.87. The Bertz CT molecular complexity index is 733. The molecule has 0 unspecified atom stereocenters. The van der Waals surface area contributed by atoms with Gasteiger partial charge in [-0.1, -0.05) is 6.07 Å². The lowest BCUT2D eigenvalue weighted by Gasteiger charge is -2.27. The van der Waals surface area contributed by atoms with Gasteiger partial charge in [0.25, 0.3) is 0 Å². The molecule has 112 valence electrons. The molecule has 2 N–H and O–H groups in total. The molecule has 1 amide bonds. The van der Waals surface area contributed by atoms with E-state index >= 15 is 0 Å². The zero-order valence-corrected chi connectivity index (χ0v) is 12.9. The van der Waals surface area contributed by atoms with Crippen molar-refractivity contribution in [3.63, 3.8) is 0 Å². The summed E-state index contributed by atoms with van der Waals surface area (Å²) in [7, 11) is 0. The van der Waals surface area contributed by atoms with Gasteiger partial charge in [0.1, 0.15) is 11.1 Å². The molecule has 0 spiro atoms. The highest BCUT2D eigenvalue weighted by Crippen LogP contribution is 2.34. The van der Waals surface area contributed by atoms with E-state index in [4.69, 9.17) is 11.0 Å². The van der Waals surface area contributed by atoms with Gasteiger partial charge in [-0.2, -0.15) is 5.26 Å². The number of fused-ring (bicyclic) bond motifs is 1. The molecule has 0 aliphatic carbocycles. The van der Waals surface area contributed by atoms with Crippen LogP contribution in [0.5, 0.6) is 0 Å². The van der Waals surface area contributed by atoms with Crippen molar-refractivity contribution in [1.29, 1.82) is 5.26 Å². The Morgan fingerprint density at radius 1 is 1.50 bits per heavy atom. The van der Waals surface area contributed by atoms with Gasteiger partial charge in [0.05, 0.1) is 12.1 Å². The highest BCUT2D eigenvalue weighted by Gasteiger charge is 2.25. The largest absolute Gasteiger partial charge is 0.389 e. The zero-order chi connectivity index (χ0) is 15.5. The van der Waals surface area contributed by atoms with Crippen LogP contribution in [0.3, 0.4) is 0 Å². The van der Waals surface area contributed by atoms with Gasteiger partial charge in [0.2, 0.25) is 5.91 Å². The number of nitrogens with zero attached hydrogens (tertiary/aromatic N) is 3. The van der Waals surface area contributed by atoms with Gasteiger partial charge in [-0.3, -0.25) is 9.78 Å². The predicted molar refractivity (Wildman–Crippen MR) is 85.1 cm³/mol. The van der Waals surface area contributed by atoms with E-state index in [0.29, 0.717) is 42.9 Å². The second-order valence-corrected chi connectivity index (χ2v) is 6.38. The Balaban J connectivity index is 1.64. The van der Waals surface area contributed by atoms with Crippen molar-refractivity contribution in [2.24, 2.45) is 0 Å². The van der Waals surface area contributed by atoms with E-state index < -0.39 is 0 Å². The molecule has 0 fully saturated rings. The summed E-state index contributed by atoms with van der Waals surface area (Å²) in [5.74, 6) is 0.127. The quantitative estimate of drug-likeness (QED) is 0.941. The SMILES string of the molecule is N#Cc1c(N)sc2c1CCN(C(=O)CCc1ccccn1)C2. The molecule has 0 atom stereocenters. The summed E-state index contributed by atoms with van der Waals surface area (Å²) in [6, 6.07) is 7.89. The lowest BCUT2D eigenvalue weighted by Crippen LogP contribution is -2.35. The first-order chi connectivity index (χ1) is 10.7. The van der Waals surface area contributed by atoms with E-state index in [1.54, 1.807) is 6.20 Å². The average molecular weight is 312 g/mol. The van der Waals surface area contributed by atoms with Gasteiger partial charge >= 0.3 is 0 Å². The lowest BCUT2D eigenvalue weighted by atomic mass is 10.0. The molecule has 0 bridgehead atoms. The highest BCUT2D eigenvalue weighted by molar-refractivity contribution is 7.16. The van der Waals surface area contributed by atoms with Crippen LogP contribution in [0.4, 0.5) is 5.00 Å². The Labute approximate surface area is 133 Å². The van der Waals surface area contributed by atoms with Crippen molar-refractivity contribution >= 4 is 22.2 Å². The van der Waals surface area contributed by atoms with Gasteiger partial charge in [0.15, 0.2) is 0 Å². The number of hydrogen-bond acceptors (Lipinski definition) is 5. The number of carbonyl (C=O) groups excluding carboxylic acids is 1. The molecular weight excluding hydrogens is 296 g/mol. The van der Waals surface area contributed by atoms with Crippen LogP contribution in [-0.2, 0) is 24.2 Å². The first kappa shape index (κ1) is 14.5. The van der Waals surface area contributed by atoms with Crippen LogP contribution >= 0.6 is 11.3 Å². The van der Waals surface area contributed by atoms with Crippen LogP contribution in [0.15, 0.2) is 24.4 Å². The number of thiophene rings is 1. The third-order valence-corrected chi connectivity index (χ3v) is 4.92. The third kappa shape index (κ3) is 2.81. The zero-order valence-electron chi connectivity index (χ0n) is 12.1. The van der Waals surface area contributed by atoms with Crippen molar-refractivity contribution in [2.75, 3.05) is 12.3 Å². The van der Waals surface area contributed by atoms with Crippen molar-refractivity contribution in [2.45, 2.75) is 25.8 Å². The first-order valence-electron chi connectivity index (χ1n) is 7.17. The van der Waals surface area contributed by atoms with E-state index in [1.807, 2.05) is 23.1 Å². The van der Waals surface area contributed by atoms with E-state index in [2.05, 4.69) is 11.1 Å². The minimum absolute atomic E-state index is 0.127. The van der Waals surface area contributed by atoms with Crippen LogP contribution in [-0.4, -0.2) is 22.3 Å². The Hall–Kier alpha value is -2.39. The predicted octanol–water partition coefficient (Wildman–Crippen LogP) is 2.11. The second-order valence-electron chi connectivity index (χ2n) is 5.24. The molecule has 6 heteroatoms. The monoisotopic (exact) mass is 312 g/mol. The van der Waals surface area contributed by atoms with Crippen LogP contribution in [0.2, 0.25) is 0 Å². The second kappa shape index (κ2) is 6.16. The minimum Gasteiger partial charge on any atom is -0.389 e. The van der Waals surface area contributed by atoms with Gasteiger partial charge in [-0.05, 0) is 30.5 Å². The van der Waals surface area contributed by atoms with E-state index in [1.165, 1.54) is 11.3 Å². The molecule has 0 radical (unpaired) electrons. The number of nitrogens with two attached hydrogens (primary N) is 1. The number of aromatic nitrogens is 1. The summed E-state index contributed by atoms with van der Waals surface area (Å²) < 4.78 is 0. The van der Waals surface area contributed by atoms with Gasteiger partial charge in [-0.25, -0.2) is 0 Å². The molecule has 2 aromatic rings.